The molecule has 0 aliphatic carbocycles. The van der Waals surface area contributed by atoms with E-state index in [0.29, 0.717) is 0 Å². The first-order valence-electron chi connectivity index (χ1n) is 2.86. The Hall–Kier alpha value is -1.09. The fourth-order valence-electron chi connectivity index (χ4n) is 0.332. The van der Waals surface area contributed by atoms with Gasteiger partial charge in [-0.3, -0.25) is 0 Å². The molecule has 0 aromatic carbocycles. The highest BCUT2D eigenvalue weighted by Gasteiger charge is 1.88. The molecule has 0 unspecified atom stereocenters. The minimum Gasteiger partial charge on any atom is -0.458 e. The van der Waals surface area contributed by atoms with Crippen molar-refractivity contribution in [3.05, 3.63) is 24.8 Å². The summed E-state index contributed by atoms with van der Waals surface area (Å²) in [6.45, 7) is 3.36. The number of carbonyl (C=O) groups is 1. The standard InChI is InChI=1S/C7H10O3/c1-2-7(9)10-6-4-3-5-8/h2-4,8H,1,5-6H2/b4-3+. The zero-order valence-corrected chi connectivity index (χ0v) is 5.62. The lowest BCUT2D eigenvalue weighted by molar-refractivity contribution is -0.136. The minimum absolute atomic E-state index is 0.0361. The van der Waals surface area contributed by atoms with Gasteiger partial charge in [0.25, 0.3) is 0 Å². The smallest absolute Gasteiger partial charge is 0.330 e. The third-order valence-electron chi connectivity index (χ3n) is 0.761. The summed E-state index contributed by atoms with van der Waals surface area (Å²) in [5, 5.41) is 8.24. The normalized spacial score (nSPS) is 9.70. The molecule has 0 amide bonds. The molecule has 0 aliphatic rings. The van der Waals surface area contributed by atoms with Gasteiger partial charge in [-0.1, -0.05) is 12.7 Å². The maximum Gasteiger partial charge on any atom is 0.330 e. The lowest BCUT2D eigenvalue weighted by atomic mass is 10.5. The average Bonchev–Trinajstić information content (AvgIpc) is 1.98. The van der Waals surface area contributed by atoms with E-state index in [4.69, 9.17) is 5.11 Å². The van der Waals surface area contributed by atoms with Crippen molar-refractivity contribution in [2.75, 3.05) is 13.2 Å². The van der Waals surface area contributed by atoms with Gasteiger partial charge >= 0.3 is 5.97 Å². The van der Waals surface area contributed by atoms with Crippen molar-refractivity contribution in [3.63, 3.8) is 0 Å². The minimum atomic E-state index is -0.456. The second-order valence-electron chi connectivity index (χ2n) is 1.49. The van der Waals surface area contributed by atoms with E-state index in [1.165, 1.54) is 6.08 Å². The molecule has 10 heavy (non-hydrogen) atoms. The predicted octanol–water partition coefficient (Wildman–Crippen LogP) is 0.264. The van der Waals surface area contributed by atoms with Crippen molar-refractivity contribution in [2.45, 2.75) is 0 Å². The number of hydrogen-bond donors (Lipinski definition) is 1. The molecule has 0 heterocycles. The Kier molecular flexibility index (Phi) is 5.38. The number of aliphatic hydroxyl groups is 1. The SMILES string of the molecule is C=CC(=O)OC/C=C/CO. The van der Waals surface area contributed by atoms with E-state index in [9.17, 15) is 4.79 Å². The number of aliphatic hydroxyl groups excluding tert-OH is 1. The lowest BCUT2D eigenvalue weighted by Crippen LogP contribution is -1.99. The largest absolute Gasteiger partial charge is 0.458 e. The quantitative estimate of drug-likeness (QED) is 0.348. The van der Waals surface area contributed by atoms with Gasteiger partial charge in [0.15, 0.2) is 0 Å². The molecule has 3 nitrogen and oxygen atoms in total. The lowest BCUT2D eigenvalue weighted by Gasteiger charge is -1.93. The molecule has 56 valence electrons. The Bertz CT molecular complexity index is 138. The van der Waals surface area contributed by atoms with Crippen LogP contribution in [0.25, 0.3) is 0 Å². The van der Waals surface area contributed by atoms with Gasteiger partial charge in [0.05, 0.1) is 6.61 Å². The van der Waals surface area contributed by atoms with Crippen LogP contribution in [0, 0.1) is 0 Å². The summed E-state index contributed by atoms with van der Waals surface area (Å²) in [4.78, 5) is 10.3. The molecular formula is C7H10O3. The Morgan fingerprint density at radius 2 is 2.30 bits per heavy atom. The van der Waals surface area contributed by atoms with Gasteiger partial charge in [0.1, 0.15) is 6.61 Å². The zero-order chi connectivity index (χ0) is 7.82. The molecule has 0 aromatic rings. The van der Waals surface area contributed by atoms with Crippen molar-refractivity contribution in [1.29, 1.82) is 0 Å². The summed E-state index contributed by atoms with van der Waals surface area (Å²) < 4.78 is 4.54. The van der Waals surface area contributed by atoms with Gasteiger partial charge in [-0.25, -0.2) is 4.79 Å². The summed E-state index contributed by atoms with van der Waals surface area (Å²) in [5.41, 5.74) is 0. The number of hydrogen-bond acceptors (Lipinski definition) is 3. The van der Waals surface area contributed by atoms with E-state index < -0.39 is 5.97 Å². The summed E-state index contributed by atoms with van der Waals surface area (Å²) >= 11 is 0. The first-order valence-corrected chi connectivity index (χ1v) is 2.86. The van der Waals surface area contributed by atoms with Gasteiger partial charge in [-0.15, -0.1) is 0 Å². The van der Waals surface area contributed by atoms with E-state index in [2.05, 4.69) is 11.3 Å². The van der Waals surface area contributed by atoms with Crippen LogP contribution in [0.4, 0.5) is 0 Å². The fraction of sp³-hybridized carbons (Fsp3) is 0.286. The van der Waals surface area contributed by atoms with Crippen molar-refractivity contribution in [3.8, 4) is 0 Å². The maximum absolute atomic E-state index is 10.3. The van der Waals surface area contributed by atoms with E-state index in [1.54, 1.807) is 6.08 Å². The highest BCUT2D eigenvalue weighted by atomic mass is 16.5. The molecule has 0 saturated heterocycles. The Morgan fingerprint density at radius 1 is 1.60 bits per heavy atom. The first kappa shape index (κ1) is 8.91. The molecule has 0 aliphatic heterocycles. The van der Waals surface area contributed by atoms with E-state index in [1.807, 2.05) is 0 Å². The zero-order valence-electron chi connectivity index (χ0n) is 5.62. The Balaban J connectivity index is 3.27. The van der Waals surface area contributed by atoms with Crippen LogP contribution in [-0.4, -0.2) is 24.3 Å². The summed E-state index contributed by atoms with van der Waals surface area (Å²) in [6.07, 6.45) is 4.14. The molecule has 3 heteroatoms. The Morgan fingerprint density at radius 3 is 2.80 bits per heavy atom. The van der Waals surface area contributed by atoms with Gasteiger partial charge < -0.3 is 9.84 Å². The number of ether oxygens (including phenoxy) is 1. The number of esters is 1. The molecule has 0 spiro atoms. The molecule has 0 fully saturated rings. The van der Waals surface area contributed by atoms with Crippen LogP contribution in [0.5, 0.6) is 0 Å². The molecule has 0 saturated carbocycles. The number of rotatable bonds is 4. The molecule has 0 atom stereocenters. The predicted molar refractivity (Wildman–Crippen MR) is 37.4 cm³/mol. The van der Waals surface area contributed by atoms with Gasteiger partial charge in [0, 0.05) is 6.08 Å². The van der Waals surface area contributed by atoms with Crippen LogP contribution in [0.2, 0.25) is 0 Å². The third kappa shape index (κ3) is 5.05. The second kappa shape index (κ2) is 6.04. The van der Waals surface area contributed by atoms with Crippen LogP contribution < -0.4 is 0 Å². The fourth-order valence-corrected chi connectivity index (χ4v) is 0.332. The van der Waals surface area contributed by atoms with Crippen molar-refractivity contribution >= 4 is 5.97 Å². The molecule has 0 radical (unpaired) electrons. The molecule has 0 rings (SSSR count). The van der Waals surface area contributed by atoms with Gasteiger partial charge in [0.2, 0.25) is 0 Å². The first-order chi connectivity index (χ1) is 4.81. The molecular weight excluding hydrogens is 132 g/mol. The molecule has 0 bridgehead atoms. The third-order valence-corrected chi connectivity index (χ3v) is 0.761. The highest BCUT2D eigenvalue weighted by molar-refractivity contribution is 5.81. The van der Waals surface area contributed by atoms with Crippen LogP contribution >= 0.6 is 0 Å². The topological polar surface area (TPSA) is 46.5 Å². The van der Waals surface area contributed by atoms with E-state index in [0.717, 1.165) is 6.08 Å². The van der Waals surface area contributed by atoms with Crippen LogP contribution in [0.1, 0.15) is 0 Å². The molecule has 1 N–H and O–H groups in total. The second-order valence-corrected chi connectivity index (χ2v) is 1.49. The number of carbonyl (C=O) groups excluding carboxylic acids is 1. The van der Waals surface area contributed by atoms with E-state index >= 15 is 0 Å². The summed E-state index contributed by atoms with van der Waals surface area (Å²) in [7, 11) is 0. The highest BCUT2D eigenvalue weighted by Crippen LogP contribution is 1.79. The van der Waals surface area contributed by atoms with Gasteiger partial charge in [-0.05, 0) is 6.08 Å². The summed E-state index contributed by atoms with van der Waals surface area (Å²) in [5.74, 6) is -0.456. The molecule has 0 aromatic heterocycles. The summed E-state index contributed by atoms with van der Waals surface area (Å²) in [6, 6.07) is 0. The van der Waals surface area contributed by atoms with Crippen LogP contribution in [0.3, 0.4) is 0 Å². The van der Waals surface area contributed by atoms with Gasteiger partial charge in [-0.2, -0.15) is 0 Å². The maximum atomic E-state index is 10.3. The van der Waals surface area contributed by atoms with Crippen LogP contribution in [-0.2, 0) is 9.53 Å². The Labute approximate surface area is 59.6 Å². The van der Waals surface area contributed by atoms with E-state index in [-0.39, 0.29) is 13.2 Å². The average molecular weight is 142 g/mol. The van der Waals surface area contributed by atoms with Crippen LogP contribution in [0.15, 0.2) is 24.8 Å². The monoisotopic (exact) mass is 142 g/mol. The van der Waals surface area contributed by atoms with Crippen molar-refractivity contribution in [1.82, 2.24) is 0 Å². The van der Waals surface area contributed by atoms with Crippen molar-refractivity contribution in [2.24, 2.45) is 0 Å². The van der Waals surface area contributed by atoms with Crippen molar-refractivity contribution < 1.29 is 14.6 Å².